The first-order valence-corrected chi connectivity index (χ1v) is 7.44. The second-order valence-corrected chi connectivity index (χ2v) is 6.75. The van der Waals surface area contributed by atoms with Crippen LogP contribution in [0, 0.1) is 0 Å². The van der Waals surface area contributed by atoms with Crippen molar-refractivity contribution in [2.24, 2.45) is 0 Å². The third kappa shape index (κ3) is 4.77. The summed E-state index contributed by atoms with van der Waals surface area (Å²) in [5, 5.41) is 6.49. The summed E-state index contributed by atoms with van der Waals surface area (Å²) in [5.74, 6) is 0.172. The van der Waals surface area contributed by atoms with Gasteiger partial charge in [0.15, 0.2) is 0 Å². The Morgan fingerprint density at radius 2 is 1.79 bits per heavy atom. The van der Waals surface area contributed by atoms with Crippen molar-refractivity contribution in [1.82, 2.24) is 15.5 Å². The van der Waals surface area contributed by atoms with Crippen LogP contribution in [0.2, 0.25) is 0 Å². The first-order valence-electron chi connectivity index (χ1n) is 7.44. The molecular formula is C15H31N3O. The maximum Gasteiger partial charge on any atom is 0.221 e. The van der Waals surface area contributed by atoms with Crippen LogP contribution >= 0.6 is 0 Å². The number of carbonyl (C=O) groups excluding carboxylic acids is 1. The molecule has 1 aliphatic carbocycles. The molecule has 19 heavy (non-hydrogen) atoms. The Morgan fingerprint density at radius 1 is 1.21 bits per heavy atom. The van der Waals surface area contributed by atoms with Gasteiger partial charge < -0.3 is 15.5 Å². The summed E-state index contributed by atoms with van der Waals surface area (Å²) in [4.78, 5) is 14.3. The lowest BCUT2D eigenvalue weighted by Gasteiger charge is -2.37. The molecule has 1 fully saturated rings. The molecule has 0 aliphatic heterocycles. The number of rotatable bonds is 6. The fraction of sp³-hybridized carbons (Fsp3) is 0.933. The van der Waals surface area contributed by atoms with E-state index in [0.717, 1.165) is 12.8 Å². The molecule has 0 unspecified atom stereocenters. The van der Waals surface area contributed by atoms with Crippen molar-refractivity contribution in [1.29, 1.82) is 0 Å². The summed E-state index contributed by atoms with van der Waals surface area (Å²) in [6.45, 7) is 4.97. The summed E-state index contributed by atoms with van der Waals surface area (Å²) in [6, 6.07) is 0. The van der Waals surface area contributed by atoms with Gasteiger partial charge in [-0.25, -0.2) is 0 Å². The van der Waals surface area contributed by atoms with E-state index in [2.05, 4.69) is 29.4 Å². The SMILES string of the molecule is CNC1(CC(=O)NCC(C)(C)N(C)C)CCCCC1. The molecule has 0 aromatic carbocycles. The molecule has 1 saturated carbocycles. The second kappa shape index (κ2) is 6.71. The predicted molar refractivity (Wildman–Crippen MR) is 80.3 cm³/mol. The minimum atomic E-state index is -0.00493. The van der Waals surface area contributed by atoms with Gasteiger partial charge in [-0.3, -0.25) is 4.79 Å². The van der Waals surface area contributed by atoms with Crippen molar-refractivity contribution < 1.29 is 4.79 Å². The Labute approximate surface area is 118 Å². The highest BCUT2D eigenvalue weighted by molar-refractivity contribution is 5.77. The molecule has 0 heterocycles. The highest BCUT2D eigenvalue weighted by atomic mass is 16.1. The summed E-state index contributed by atoms with van der Waals surface area (Å²) in [5.41, 5.74) is 0.0274. The number of amides is 1. The number of nitrogens with one attached hydrogen (secondary N) is 2. The summed E-state index contributed by atoms with van der Waals surface area (Å²) < 4.78 is 0. The average Bonchev–Trinajstić information content (AvgIpc) is 2.37. The van der Waals surface area contributed by atoms with Crippen LogP contribution in [0.4, 0.5) is 0 Å². The van der Waals surface area contributed by atoms with Gasteiger partial charge in [-0.1, -0.05) is 19.3 Å². The molecular weight excluding hydrogens is 238 g/mol. The molecule has 1 aliphatic rings. The first-order chi connectivity index (χ1) is 8.81. The Bertz CT molecular complexity index is 294. The van der Waals surface area contributed by atoms with Crippen LogP contribution < -0.4 is 10.6 Å². The number of hydrogen-bond donors (Lipinski definition) is 2. The molecule has 112 valence electrons. The van der Waals surface area contributed by atoms with Gasteiger partial charge in [0.25, 0.3) is 0 Å². The lowest BCUT2D eigenvalue weighted by Crippen LogP contribution is -2.52. The van der Waals surface area contributed by atoms with E-state index in [0.29, 0.717) is 13.0 Å². The zero-order valence-corrected chi connectivity index (χ0v) is 13.3. The third-order valence-corrected chi connectivity index (χ3v) is 4.77. The number of carbonyl (C=O) groups is 1. The van der Waals surface area contributed by atoms with Gasteiger partial charge >= 0.3 is 0 Å². The van der Waals surface area contributed by atoms with E-state index in [1.807, 2.05) is 21.1 Å². The van der Waals surface area contributed by atoms with E-state index in [9.17, 15) is 4.79 Å². The minimum Gasteiger partial charge on any atom is -0.354 e. The van der Waals surface area contributed by atoms with Crippen LogP contribution in [-0.4, -0.2) is 49.6 Å². The van der Waals surface area contributed by atoms with Crippen LogP contribution in [0.5, 0.6) is 0 Å². The molecule has 0 aromatic rings. The number of likely N-dealkylation sites (N-methyl/N-ethyl adjacent to an activating group) is 1. The molecule has 0 atom stereocenters. The minimum absolute atomic E-state index is 0.00493. The quantitative estimate of drug-likeness (QED) is 0.772. The summed E-state index contributed by atoms with van der Waals surface area (Å²) >= 11 is 0. The van der Waals surface area contributed by atoms with E-state index >= 15 is 0 Å². The molecule has 0 spiro atoms. The molecule has 2 N–H and O–H groups in total. The number of hydrogen-bond acceptors (Lipinski definition) is 3. The van der Waals surface area contributed by atoms with Gasteiger partial charge in [0, 0.05) is 24.0 Å². The molecule has 1 rings (SSSR count). The van der Waals surface area contributed by atoms with E-state index in [-0.39, 0.29) is 17.0 Å². The van der Waals surface area contributed by atoms with Gasteiger partial charge in [-0.15, -0.1) is 0 Å². The maximum atomic E-state index is 12.2. The van der Waals surface area contributed by atoms with E-state index in [4.69, 9.17) is 0 Å². The Balaban J connectivity index is 2.46. The zero-order chi connectivity index (χ0) is 14.5. The molecule has 4 heteroatoms. The van der Waals surface area contributed by atoms with Crippen molar-refractivity contribution in [3.63, 3.8) is 0 Å². The molecule has 0 aromatic heterocycles. The fourth-order valence-corrected chi connectivity index (χ4v) is 2.59. The van der Waals surface area contributed by atoms with E-state index in [1.165, 1.54) is 19.3 Å². The van der Waals surface area contributed by atoms with Gasteiger partial charge in [0.2, 0.25) is 5.91 Å². The Hall–Kier alpha value is -0.610. The Morgan fingerprint density at radius 3 is 2.26 bits per heavy atom. The van der Waals surface area contributed by atoms with Crippen molar-refractivity contribution in [3.05, 3.63) is 0 Å². The predicted octanol–water partition coefficient (Wildman–Crippen LogP) is 1.76. The van der Waals surface area contributed by atoms with Crippen molar-refractivity contribution in [3.8, 4) is 0 Å². The van der Waals surface area contributed by atoms with Crippen LogP contribution in [-0.2, 0) is 4.79 Å². The third-order valence-electron chi connectivity index (χ3n) is 4.77. The average molecular weight is 269 g/mol. The normalized spacial score (nSPS) is 19.5. The lowest BCUT2D eigenvalue weighted by atomic mass is 9.79. The summed E-state index contributed by atoms with van der Waals surface area (Å²) in [6.07, 6.45) is 6.61. The van der Waals surface area contributed by atoms with Gasteiger partial charge in [-0.2, -0.15) is 0 Å². The molecule has 4 nitrogen and oxygen atoms in total. The standard InChI is InChI=1S/C15H31N3O/c1-14(2,18(4)5)12-17-13(19)11-15(16-3)9-7-6-8-10-15/h16H,6-12H2,1-5H3,(H,17,19). The van der Waals surface area contributed by atoms with E-state index < -0.39 is 0 Å². The van der Waals surface area contributed by atoms with Crippen LogP contribution in [0.15, 0.2) is 0 Å². The van der Waals surface area contributed by atoms with Gasteiger partial charge in [0.1, 0.15) is 0 Å². The van der Waals surface area contributed by atoms with Crippen molar-refractivity contribution in [2.45, 2.75) is 63.5 Å². The van der Waals surface area contributed by atoms with Crippen LogP contribution in [0.1, 0.15) is 52.4 Å². The topological polar surface area (TPSA) is 44.4 Å². The molecule has 0 radical (unpaired) electrons. The van der Waals surface area contributed by atoms with Gasteiger partial charge in [0.05, 0.1) is 0 Å². The van der Waals surface area contributed by atoms with Crippen molar-refractivity contribution in [2.75, 3.05) is 27.7 Å². The Kier molecular flexibility index (Phi) is 5.81. The van der Waals surface area contributed by atoms with Crippen molar-refractivity contribution >= 4 is 5.91 Å². The second-order valence-electron chi connectivity index (χ2n) is 6.75. The fourth-order valence-electron chi connectivity index (χ4n) is 2.59. The maximum absolute atomic E-state index is 12.2. The van der Waals surface area contributed by atoms with E-state index in [1.54, 1.807) is 0 Å². The molecule has 0 bridgehead atoms. The monoisotopic (exact) mass is 269 g/mol. The number of nitrogens with zero attached hydrogens (tertiary/aromatic N) is 1. The summed E-state index contributed by atoms with van der Waals surface area (Å²) in [7, 11) is 6.08. The van der Waals surface area contributed by atoms with Crippen LogP contribution in [0.25, 0.3) is 0 Å². The highest BCUT2D eigenvalue weighted by Gasteiger charge is 2.33. The highest BCUT2D eigenvalue weighted by Crippen LogP contribution is 2.30. The largest absolute Gasteiger partial charge is 0.354 e. The lowest BCUT2D eigenvalue weighted by molar-refractivity contribution is -0.123. The van der Waals surface area contributed by atoms with Crippen LogP contribution in [0.3, 0.4) is 0 Å². The smallest absolute Gasteiger partial charge is 0.221 e. The molecule has 1 amide bonds. The first kappa shape index (κ1) is 16.4. The zero-order valence-electron chi connectivity index (χ0n) is 13.3. The van der Waals surface area contributed by atoms with Gasteiger partial charge in [-0.05, 0) is 47.8 Å². The molecule has 0 saturated heterocycles.